The van der Waals surface area contributed by atoms with E-state index in [1.807, 2.05) is 24.0 Å². The van der Waals surface area contributed by atoms with E-state index in [0.717, 1.165) is 37.2 Å². The van der Waals surface area contributed by atoms with Gasteiger partial charge in [0.05, 0.1) is 17.9 Å². The minimum atomic E-state index is -0.149. The number of fused-ring (bicyclic) bond motifs is 2. The number of rotatable bonds is 3. The maximum absolute atomic E-state index is 13.4. The van der Waals surface area contributed by atoms with Crippen LogP contribution >= 0.6 is 11.8 Å². The molecule has 2 aromatic heterocycles. The molecule has 2 aliphatic rings. The van der Waals surface area contributed by atoms with Crippen LogP contribution in [-0.4, -0.2) is 49.0 Å². The zero-order chi connectivity index (χ0) is 21.5. The number of amides is 1. The fraction of sp³-hybridized carbons (Fsp3) is 0.478. The lowest BCUT2D eigenvalue weighted by molar-refractivity contribution is -0.131. The van der Waals surface area contributed by atoms with Crippen molar-refractivity contribution < 1.29 is 4.79 Å². The third-order valence-electron chi connectivity index (χ3n) is 6.32. The van der Waals surface area contributed by atoms with E-state index in [2.05, 4.69) is 18.1 Å². The number of nitrogens with zero attached hydrogens (tertiary/aromatic N) is 5. The molecule has 1 atom stereocenters. The molecule has 0 radical (unpaired) electrons. The molecule has 5 rings (SSSR count). The molecule has 1 unspecified atom stereocenters. The molecule has 7 nitrogen and oxygen atoms in total. The van der Waals surface area contributed by atoms with Gasteiger partial charge in [-0.25, -0.2) is 9.67 Å². The first-order valence-electron chi connectivity index (χ1n) is 11.0. The average molecular weight is 438 g/mol. The number of carbonyl (C=O) groups excluding carboxylic acids is 1. The molecule has 0 N–H and O–H groups in total. The van der Waals surface area contributed by atoms with Crippen molar-refractivity contribution in [2.75, 3.05) is 18.8 Å². The second-order valence-corrected chi connectivity index (χ2v) is 9.60. The first kappa shape index (κ1) is 20.3. The zero-order valence-electron chi connectivity index (χ0n) is 18.0. The summed E-state index contributed by atoms with van der Waals surface area (Å²) in [4.78, 5) is 33.0. The Bertz CT molecular complexity index is 1210. The Morgan fingerprint density at radius 1 is 1.16 bits per heavy atom. The molecule has 1 fully saturated rings. The summed E-state index contributed by atoms with van der Waals surface area (Å²) in [5, 5.41) is 5.66. The fourth-order valence-corrected chi connectivity index (χ4v) is 5.78. The van der Waals surface area contributed by atoms with Crippen LogP contribution in [0.5, 0.6) is 0 Å². The molecule has 0 aliphatic carbocycles. The highest BCUT2D eigenvalue weighted by Gasteiger charge is 2.31. The number of hydrogen-bond donors (Lipinski definition) is 0. The van der Waals surface area contributed by atoms with E-state index in [1.54, 1.807) is 27.2 Å². The van der Waals surface area contributed by atoms with Crippen LogP contribution in [0.1, 0.15) is 49.3 Å². The molecule has 2 aliphatic heterocycles. The Morgan fingerprint density at radius 2 is 1.94 bits per heavy atom. The first-order valence-corrected chi connectivity index (χ1v) is 12.0. The first-order chi connectivity index (χ1) is 15.0. The quantitative estimate of drug-likeness (QED) is 0.585. The molecule has 0 spiro atoms. The van der Waals surface area contributed by atoms with Crippen molar-refractivity contribution in [1.29, 1.82) is 0 Å². The lowest BCUT2D eigenvalue weighted by Crippen LogP contribution is -2.35. The van der Waals surface area contributed by atoms with Crippen LogP contribution in [0.15, 0.2) is 34.3 Å². The van der Waals surface area contributed by atoms with Crippen molar-refractivity contribution in [2.45, 2.75) is 57.1 Å². The van der Waals surface area contributed by atoms with Crippen LogP contribution in [0.25, 0.3) is 16.7 Å². The van der Waals surface area contributed by atoms with Crippen LogP contribution in [0.2, 0.25) is 0 Å². The van der Waals surface area contributed by atoms with Crippen molar-refractivity contribution in [1.82, 2.24) is 24.2 Å². The highest BCUT2D eigenvalue weighted by Crippen LogP contribution is 2.34. The van der Waals surface area contributed by atoms with Crippen LogP contribution in [0, 0.1) is 13.8 Å². The molecule has 3 aromatic rings. The third-order valence-corrected chi connectivity index (χ3v) is 7.42. The van der Waals surface area contributed by atoms with Crippen LogP contribution in [0.4, 0.5) is 0 Å². The molecule has 1 saturated heterocycles. The fourth-order valence-electron chi connectivity index (χ4n) is 4.65. The Kier molecular flexibility index (Phi) is 5.33. The lowest BCUT2D eigenvalue weighted by atomic mass is 10.1. The van der Waals surface area contributed by atoms with E-state index in [9.17, 15) is 9.59 Å². The van der Waals surface area contributed by atoms with Crippen LogP contribution in [-0.2, 0) is 4.79 Å². The van der Waals surface area contributed by atoms with Gasteiger partial charge in [-0.2, -0.15) is 5.10 Å². The Balaban J connectivity index is 1.48. The molecular formula is C23H27N5O2S. The van der Waals surface area contributed by atoms with Gasteiger partial charge in [0.25, 0.3) is 5.56 Å². The van der Waals surface area contributed by atoms with E-state index < -0.39 is 0 Å². The Hall–Kier alpha value is -2.61. The lowest BCUT2D eigenvalue weighted by Gasteiger charge is -2.22. The highest BCUT2D eigenvalue weighted by molar-refractivity contribution is 7.99. The number of aromatic nitrogens is 4. The van der Waals surface area contributed by atoms with Gasteiger partial charge in [-0.3, -0.25) is 14.2 Å². The SMILES string of the molecule is Cc1ccc(-n2ncc3c(=O)n4c(nc32)SCC4CC(=O)N2CCCCCC2)c(C)c1. The van der Waals surface area contributed by atoms with Gasteiger partial charge in [0.15, 0.2) is 10.8 Å². The second kappa shape index (κ2) is 8.15. The van der Waals surface area contributed by atoms with E-state index >= 15 is 0 Å². The van der Waals surface area contributed by atoms with Gasteiger partial charge in [0.1, 0.15) is 5.39 Å². The summed E-state index contributed by atoms with van der Waals surface area (Å²) in [5.74, 6) is 0.851. The highest BCUT2D eigenvalue weighted by atomic mass is 32.2. The minimum Gasteiger partial charge on any atom is -0.343 e. The number of carbonyl (C=O) groups is 1. The van der Waals surface area contributed by atoms with Gasteiger partial charge in [-0.1, -0.05) is 42.3 Å². The third kappa shape index (κ3) is 3.67. The summed E-state index contributed by atoms with van der Waals surface area (Å²) in [6.07, 6.45) is 6.49. The van der Waals surface area contributed by atoms with Crippen molar-refractivity contribution >= 4 is 28.7 Å². The minimum absolute atomic E-state index is 0.102. The van der Waals surface area contributed by atoms with Crippen molar-refractivity contribution in [3.05, 3.63) is 45.9 Å². The van der Waals surface area contributed by atoms with Gasteiger partial charge in [-0.05, 0) is 38.3 Å². The van der Waals surface area contributed by atoms with E-state index in [4.69, 9.17) is 4.98 Å². The van der Waals surface area contributed by atoms with E-state index in [1.165, 1.54) is 18.4 Å². The molecule has 1 amide bonds. The van der Waals surface area contributed by atoms with Gasteiger partial charge in [0, 0.05) is 25.3 Å². The number of hydrogen-bond acceptors (Lipinski definition) is 5. The molecule has 4 heterocycles. The smallest absolute Gasteiger partial charge is 0.265 e. The average Bonchev–Trinajstić information content (AvgIpc) is 3.23. The normalized spacial score (nSPS) is 18.9. The number of likely N-dealkylation sites (tertiary alicyclic amines) is 1. The van der Waals surface area contributed by atoms with Crippen LogP contribution in [0.3, 0.4) is 0 Å². The number of thioether (sulfide) groups is 1. The van der Waals surface area contributed by atoms with Gasteiger partial charge in [-0.15, -0.1) is 0 Å². The van der Waals surface area contributed by atoms with Gasteiger partial charge in [0.2, 0.25) is 5.91 Å². The van der Waals surface area contributed by atoms with Crippen molar-refractivity contribution in [3.63, 3.8) is 0 Å². The van der Waals surface area contributed by atoms with Crippen LogP contribution < -0.4 is 5.56 Å². The summed E-state index contributed by atoms with van der Waals surface area (Å²) in [6.45, 7) is 5.76. The Labute approximate surface area is 185 Å². The van der Waals surface area contributed by atoms with Crippen molar-refractivity contribution in [3.8, 4) is 5.69 Å². The predicted octanol–water partition coefficient (Wildman–Crippen LogP) is 3.64. The molecule has 162 valence electrons. The summed E-state index contributed by atoms with van der Waals surface area (Å²) < 4.78 is 3.47. The van der Waals surface area contributed by atoms with Crippen molar-refractivity contribution in [2.24, 2.45) is 0 Å². The summed E-state index contributed by atoms with van der Waals surface area (Å²) in [6, 6.07) is 6.00. The zero-order valence-corrected chi connectivity index (χ0v) is 18.8. The Morgan fingerprint density at radius 3 is 2.68 bits per heavy atom. The van der Waals surface area contributed by atoms with Gasteiger partial charge >= 0.3 is 0 Å². The molecule has 0 saturated carbocycles. The number of benzene rings is 1. The second-order valence-electron chi connectivity index (χ2n) is 8.62. The molecule has 0 bridgehead atoms. The summed E-state index contributed by atoms with van der Waals surface area (Å²) in [7, 11) is 0. The summed E-state index contributed by atoms with van der Waals surface area (Å²) in [5.41, 5.74) is 3.67. The molecule has 8 heteroatoms. The largest absolute Gasteiger partial charge is 0.343 e. The number of aryl methyl sites for hydroxylation is 2. The topological polar surface area (TPSA) is 73.0 Å². The molecular weight excluding hydrogens is 410 g/mol. The monoisotopic (exact) mass is 437 g/mol. The molecule has 1 aromatic carbocycles. The standard InChI is InChI=1S/C23H27N5O2S/c1-15-7-8-19(16(2)11-15)28-21-18(13-24-28)22(30)27-17(14-31-23(27)25-21)12-20(29)26-9-5-3-4-6-10-26/h7-8,11,13,17H,3-6,9-10,12,14H2,1-2H3. The van der Waals surface area contributed by atoms with E-state index in [-0.39, 0.29) is 17.5 Å². The molecule has 31 heavy (non-hydrogen) atoms. The van der Waals surface area contributed by atoms with E-state index in [0.29, 0.717) is 28.4 Å². The van der Waals surface area contributed by atoms with Gasteiger partial charge < -0.3 is 4.90 Å². The maximum Gasteiger partial charge on any atom is 0.265 e. The predicted molar refractivity (Wildman–Crippen MR) is 122 cm³/mol. The maximum atomic E-state index is 13.4. The summed E-state index contributed by atoms with van der Waals surface area (Å²) >= 11 is 1.55.